The summed E-state index contributed by atoms with van der Waals surface area (Å²) in [6.07, 6.45) is 4.43. The number of likely N-dealkylation sites (N-methyl/N-ethyl adjacent to an activating group) is 1. The molecule has 0 saturated heterocycles. The van der Waals surface area contributed by atoms with Gasteiger partial charge in [0, 0.05) is 59.3 Å². The van der Waals surface area contributed by atoms with Crippen molar-refractivity contribution in [2.75, 3.05) is 47.4 Å². The quantitative estimate of drug-likeness (QED) is 0.219. The number of nitrogens with one attached hydrogen (secondary N) is 2. The molecule has 1 aromatic heterocycles. The van der Waals surface area contributed by atoms with E-state index in [9.17, 15) is 4.39 Å². The van der Waals surface area contributed by atoms with Gasteiger partial charge in [-0.2, -0.15) is 0 Å². The first-order chi connectivity index (χ1) is 13.5. The Bertz CT molecular complexity index is 767. The Hall–Kier alpha value is -1.72. The van der Waals surface area contributed by atoms with Crippen LogP contribution < -0.4 is 10.6 Å². The molecule has 0 amide bonds. The van der Waals surface area contributed by atoms with E-state index in [1.54, 1.807) is 43.3 Å². The van der Waals surface area contributed by atoms with E-state index in [0.717, 1.165) is 44.0 Å². The SMILES string of the molecule is CN=C(NCCN(C)CCCOC)NCc1ccc(-n2ccnc2C)c(F)c1.I. The van der Waals surface area contributed by atoms with E-state index < -0.39 is 0 Å². The van der Waals surface area contributed by atoms with Crippen molar-refractivity contribution >= 4 is 29.9 Å². The Morgan fingerprint density at radius 3 is 2.72 bits per heavy atom. The molecule has 0 aliphatic carbocycles. The predicted octanol–water partition coefficient (Wildman–Crippen LogP) is 2.57. The number of guanidine groups is 1. The van der Waals surface area contributed by atoms with Crippen LogP contribution in [0.5, 0.6) is 0 Å². The Morgan fingerprint density at radius 2 is 2.10 bits per heavy atom. The van der Waals surface area contributed by atoms with Crippen molar-refractivity contribution in [1.82, 2.24) is 25.1 Å². The molecule has 29 heavy (non-hydrogen) atoms. The van der Waals surface area contributed by atoms with Crippen LogP contribution >= 0.6 is 24.0 Å². The summed E-state index contributed by atoms with van der Waals surface area (Å²) < 4.78 is 21.3. The summed E-state index contributed by atoms with van der Waals surface area (Å²) in [6.45, 7) is 5.78. The molecule has 2 rings (SSSR count). The molecule has 0 unspecified atom stereocenters. The third kappa shape index (κ3) is 8.27. The molecule has 0 bridgehead atoms. The molecule has 7 nitrogen and oxygen atoms in total. The van der Waals surface area contributed by atoms with Gasteiger partial charge in [-0.05, 0) is 38.1 Å². The van der Waals surface area contributed by atoms with E-state index in [0.29, 0.717) is 18.2 Å². The Balaban J connectivity index is 0.00000420. The van der Waals surface area contributed by atoms with Crippen molar-refractivity contribution < 1.29 is 9.13 Å². The molecule has 0 atom stereocenters. The number of aryl methyl sites for hydroxylation is 1. The van der Waals surface area contributed by atoms with Gasteiger partial charge in [0.15, 0.2) is 5.96 Å². The number of methoxy groups -OCH3 is 1. The fourth-order valence-electron chi connectivity index (χ4n) is 2.85. The lowest BCUT2D eigenvalue weighted by Gasteiger charge is -2.18. The van der Waals surface area contributed by atoms with Crippen LogP contribution in [0.2, 0.25) is 0 Å². The monoisotopic (exact) mass is 518 g/mol. The summed E-state index contributed by atoms with van der Waals surface area (Å²) in [4.78, 5) is 10.6. The van der Waals surface area contributed by atoms with Gasteiger partial charge in [-0.3, -0.25) is 4.99 Å². The molecule has 1 aromatic carbocycles. The minimum Gasteiger partial charge on any atom is -0.385 e. The minimum absolute atomic E-state index is 0. The summed E-state index contributed by atoms with van der Waals surface area (Å²) in [5.74, 6) is 1.17. The van der Waals surface area contributed by atoms with E-state index in [1.165, 1.54) is 0 Å². The fraction of sp³-hybridized carbons (Fsp3) is 0.500. The Kier molecular flexibility index (Phi) is 11.8. The van der Waals surface area contributed by atoms with Crippen LogP contribution in [0.1, 0.15) is 17.8 Å². The number of benzene rings is 1. The van der Waals surface area contributed by atoms with Crippen molar-refractivity contribution in [2.45, 2.75) is 19.9 Å². The maximum Gasteiger partial charge on any atom is 0.191 e. The van der Waals surface area contributed by atoms with Crippen molar-refractivity contribution in [3.05, 3.63) is 47.8 Å². The molecule has 0 spiro atoms. The maximum absolute atomic E-state index is 14.5. The van der Waals surface area contributed by atoms with Gasteiger partial charge in [0.05, 0.1) is 5.69 Å². The van der Waals surface area contributed by atoms with Crippen LogP contribution in [0.15, 0.2) is 35.6 Å². The molecule has 2 N–H and O–H groups in total. The third-order valence-electron chi connectivity index (χ3n) is 4.46. The molecule has 0 aliphatic heterocycles. The van der Waals surface area contributed by atoms with E-state index in [1.807, 2.05) is 13.0 Å². The number of hydrogen-bond donors (Lipinski definition) is 2. The molecule has 0 radical (unpaired) electrons. The number of halogens is 2. The summed E-state index contributed by atoms with van der Waals surface area (Å²) in [5.41, 5.74) is 1.34. The first-order valence-corrected chi connectivity index (χ1v) is 9.46. The van der Waals surface area contributed by atoms with Crippen molar-refractivity contribution in [3.63, 3.8) is 0 Å². The number of nitrogens with zero attached hydrogens (tertiary/aromatic N) is 4. The van der Waals surface area contributed by atoms with Gasteiger partial charge in [-0.1, -0.05) is 6.07 Å². The Morgan fingerprint density at radius 1 is 1.31 bits per heavy atom. The van der Waals surface area contributed by atoms with Gasteiger partial charge in [-0.15, -0.1) is 24.0 Å². The average Bonchev–Trinajstić information content (AvgIpc) is 3.10. The van der Waals surface area contributed by atoms with E-state index in [4.69, 9.17) is 4.74 Å². The third-order valence-corrected chi connectivity index (χ3v) is 4.46. The molecule has 0 saturated carbocycles. The highest BCUT2D eigenvalue weighted by Gasteiger charge is 2.08. The second kappa shape index (κ2) is 13.5. The van der Waals surface area contributed by atoms with Gasteiger partial charge < -0.3 is 24.8 Å². The van der Waals surface area contributed by atoms with Crippen molar-refractivity contribution in [2.24, 2.45) is 4.99 Å². The van der Waals surface area contributed by atoms with Gasteiger partial charge in [-0.25, -0.2) is 9.37 Å². The zero-order chi connectivity index (χ0) is 20.4. The van der Waals surface area contributed by atoms with Gasteiger partial charge in [0.1, 0.15) is 11.6 Å². The van der Waals surface area contributed by atoms with Crippen LogP contribution in [0.25, 0.3) is 5.69 Å². The van der Waals surface area contributed by atoms with Crippen molar-refractivity contribution in [1.29, 1.82) is 0 Å². The molecule has 9 heteroatoms. The molecular weight excluding hydrogens is 486 g/mol. The number of hydrogen-bond acceptors (Lipinski definition) is 4. The zero-order valence-electron chi connectivity index (χ0n) is 17.6. The number of rotatable bonds is 10. The zero-order valence-corrected chi connectivity index (χ0v) is 19.9. The van der Waals surface area contributed by atoms with Crippen molar-refractivity contribution in [3.8, 4) is 5.69 Å². The van der Waals surface area contributed by atoms with E-state index in [-0.39, 0.29) is 29.8 Å². The standard InChI is InChI=1S/C20H31FN6O.HI/c1-16-23-9-12-27(16)19-7-6-17(14-18(19)21)15-25-20(22-2)24-8-11-26(3)10-5-13-28-4;/h6-7,9,12,14H,5,8,10-11,13,15H2,1-4H3,(H2,22,24,25);1H. The lowest BCUT2D eigenvalue weighted by Crippen LogP contribution is -2.40. The second-order valence-electron chi connectivity index (χ2n) is 6.63. The second-order valence-corrected chi connectivity index (χ2v) is 6.63. The van der Waals surface area contributed by atoms with Crippen LogP contribution in [0.3, 0.4) is 0 Å². The van der Waals surface area contributed by atoms with Crippen LogP contribution in [-0.2, 0) is 11.3 Å². The molecular formula is C20H32FIN6O. The average molecular weight is 518 g/mol. The molecule has 0 fully saturated rings. The van der Waals surface area contributed by atoms with Crippen LogP contribution in [-0.4, -0.2) is 67.9 Å². The predicted molar refractivity (Wildman–Crippen MR) is 126 cm³/mol. The lowest BCUT2D eigenvalue weighted by molar-refractivity contribution is 0.180. The highest BCUT2D eigenvalue weighted by molar-refractivity contribution is 14.0. The highest BCUT2D eigenvalue weighted by atomic mass is 127. The summed E-state index contributed by atoms with van der Waals surface area (Å²) in [6, 6.07) is 5.21. The first kappa shape index (κ1) is 25.3. The van der Waals surface area contributed by atoms with Gasteiger partial charge in [0.2, 0.25) is 0 Å². The number of aromatic nitrogens is 2. The summed E-state index contributed by atoms with van der Waals surface area (Å²) >= 11 is 0. The van der Waals surface area contributed by atoms with E-state index >= 15 is 0 Å². The molecule has 1 heterocycles. The highest BCUT2D eigenvalue weighted by Crippen LogP contribution is 2.16. The fourth-order valence-corrected chi connectivity index (χ4v) is 2.85. The van der Waals surface area contributed by atoms with Gasteiger partial charge >= 0.3 is 0 Å². The maximum atomic E-state index is 14.5. The number of aliphatic imine (C=N–C) groups is 1. The largest absolute Gasteiger partial charge is 0.385 e. The van der Waals surface area contributed by atoms with Gasteiger partial charge in [0.25, 0.3) is 0 Å². The first-order valence-electron chi connectivity index (χ1n) is 9.46. The minimum atomic E-state index is -0.277. The topological polar surface area (TPSA) is 66.7 Å². The lowest BCUT2D eigenvalue weighted by atomic mass is 10.2. The normalized spacial score (nSPS) is 11.4. The Labute approximate surface area is 189 Å². The summed E-state index contributed by atoms with van der Waals surface area (Å²) in [5, 5.41) is 6.50. The van der Waals surface area contributed by atoms with Crippen LogP contribution in [0, 0.1) is 12.7 Å². The molecule has 0 aliphatic rings. The number of ether oxygens (including phenoxy) is 1. The van der Waals surface area contributed by atoms with E-state index in [2.05, 4.69) is 32.6 Å². The molecule has 162 valence electrons. The summed E-state index contributed by atoms with van der Waals surface area (Å²) in [7, 11) is 5.53. The van der Waals surface area contributed by atoms with Crippen LogP contribution in [0.4, 0.5) is 4.39 Å². The number of imidazole rings is 1. The smallest absolute Gasteiger partial charge is 0.191 e. The molecule has 2 aromatic rings.